The second kappa shape index (κ2) is 10.8. The highest BCUT2D eigenvalue weighted by Gasteiger charge is 2.35. The molecule has 1 heteroatoms. The van der Waals surface area contributed by atoms with Gasteiger partial charge in [-0.25, -0.2) is 0 Å². The van der Waals surface area contributed by atoms with Gasteiger partial charge in [-0.2, -0.15) is 0 Å². The molecule has 0 fully saturated rings. The van der Waals surface area contributed by atoms with Gasteiger partial charge in [-0.05, 0) is 101 Å². The first-order valence-electron chi connectivity index (χ1n) is 30.7. The van der Waals surface area contributed by atoms with Crippen LogP contribution in [-0.2, 0) is 5.41 Å². The van der Waals surface area contributed by atoms with Gasteiger partial charge in [0.2, 0.25) is 0 Å². The summed E-state index contributed by atoms with van der Waals surface area (Å²) >= 11 is 0. The van der Waals surface area contributed by atoms with Crippen molar-refractivity contribution in [3.05, 3.63) is 180 Å². The van der Waals surface area contributed by atoms with Crippen molar-refractivity contribution in [2.24, 2.45) is 0 Å². The molecule has 11 rings (SSSR count). The van der Waals surface area contributed by atoms with Gasteiger partial charge in [0.1, 0.15) is 11.2 Å². The fraction of sp³-hybridized carbons (Fsp3) is 0.0588. The number of hydrogen-bond donors (Lipinski definition) is 0. The molecule has 0 aliphatic heterocycles. The van der Waals surface area contributed by atoms with Gasteiger partial charge in [0, 0.05) is 25.7 Å². The molecule has 1 aromatic heterocycles. The Kier molecular flexibility index (Phi) is 2.56. The van der Waals surface area contributed by atoms with Crippen LogP contribution in [0.15, 0.2) is 174 Å². The fourth-order valence-corrected chi connectivity index (χ4v) is 7.04. The maximum Gasteiger partial charge on any atom is 0.143 e. The van der Waals surface area contributed by atoms with Crippen LogP contribution in [0.5, 0.6) is 0 Å². The van der Waals surface area contributed by atoms with E-state index < -0.39 is 269 Å². The lowest BCUT2D eigenvalue weighted by molar-refractivity contribution is 0.660. The van der Waals surface area contributed by atoms with Crippen molar-refractivity contribution in [3.63, 3.8) is 0 Å². The molecule has 10 aromatic rings. The summed E-state index contributed by atoms with van der Waals surface area (Å²) in [5, 5.41) is -5.03. The van der Waals surface area contributed by atoms with Crippen molar-refractivity contribution in [1.29, 1.82) is 0 Å². The molecule has 0 amide bonds. The Morgan fingerprint density at radius 2 is 1.06 bits per heavy atom. The number of furan rings is 1. The van der Waals surface area contributed by atoms with E-state index in [1.54, 1.807) is 0 Å². The summed E-state index contributed by atoms with van der Waals surface area (Å²) in [7, 11) is 0. The largest absolute Gasteiger partial charge is 0.455 e. The molecule has 1 aliphatic carbocycles. The quantitative estimate of drug-likeness (QED) is 0.168. The highest BCUT2D eigenvalue weighted by Crippen LogP contribution is 2.50. The van der Waals surface area contributed by atoms with E-state index in [0.29, 0.717) is 0 Å². The molecular formula is C51H34O. The van der Waals surface area contributed by atoms with Crippen LogP contribution in [0.1, 0.15) is 66.0 Å². The van der Waals surface area contributed by atoms with Crippen molar-refractivity contribution in [1.82, 2.24) is 0 Å². The van der Waals surface area contributed by atoms with E-state index in [0.717, 1.165) is 13.0 Å². The molecule has 0 saturated heterocycles. The van der Waals surface area contributed by atoms with Crippen LogP contribution in [-0.4, -0.2) is 0 Å². The third-order valence-corrected chi connectivity index (χ3v) is 9.37. The summed E-state index contributed by atoms with van der Waals surface area (Å²) in [6.07, 6.45) is 0. The van der Waals surface area contributed by atoms with Crippen LogP contribution < -0.4 is 0 Å². The predicted molar refractivity (Wildman–Crippen MR) is 220 cm³/mol. The van der Waals surface area contributed by atoms with Crippen LogP contribution in [0, 0.1) is 0 Å². The van der Waals surface area contributed by atoms with E-state index in [1.165, 1.54) is 0 Å². The van der Waals surface area contributed by atoms with Crippen molar-refractivity contribution < 1.29 is 45.5 Å². The maximum absolute atomic E-state index is 9.72. The average molecular weight is 693 g/mol. The average Bonchev–Trinajstić information content (AvgIpc) is 1.86. The molecule has 52 heavy (non-hydrogen) atoms. The van der Waals surface area contributed by atoms with Gasteiger partial charge in [-0.15, -0.1) is 0 Å². The van der Waals surface area contributed by atoms with Gasteiger partial charge < -0.3 is 4.42 Å². The lowest BCUT2D eigenvalue weighted by Gasteiger charge is -2.22. The molecule has 0 radical (unpaired) electrons. The molecule has 1 nitrogen and oxygen atoms in total. The van der Waals surface area contributed by atoms with Crippen molar-refractivity contribution in [2.45, 2.75) is 19.2 Å². The Bertz CT molecular complexity index is 4660. The lowest BCUT2D eigenvalue weighted by atomic mass is 9.81. The first-order chi connectivity index (χ1) is 38.0. The summed E-state index contributed by atoms with van der Waals surface area (Å²) in [5.74, 6) is 0. The molecule has 0 bridgehead atoms. The molecule has 1 aliphatic rings. The van der Waals surface area contributed by atoms with Crippen LogP contribution >= 0.6 is 0 Å². The van der Waals surface area contributed by atoms with Crippen LogP contribution in [0.4, 0.5) is 0 Å². The van der Waals surface area contributed by atoms with Crippen molar-refractivity contribution in [3.8, 4) is 44.5 Å². The summed E-state index contributed by atoms with van der Waals surface area (Å²) in [6, 6.07) is -23.6. The van der Waals surface area contributed by atoms with Crippen molar-refractivity contribution in [2.75, 3.05) is 0 Å². The summed E-state index contributed by atoms with van der Waals surface area (Å²) < 4.78 is 278. The SMILES string of the molecule is [2H]c1c(-c2c([2H])c([2H])c(-c3c4c([2H])c([2H])c([2H])c([2H])c4c(-c4c([2H])c([2H])c([2H])c5oc6c7c([2H])c([2H])c([2H])c([2H])c7c([2H])c([2H])c6c45)c4c([2H])c([2H])c([2H])c([2H])c34)c([2H])c2[2H])cc2c(c1[2H])-c1c([2H])c([2H])c([2H])c([2H])c1C2(C)C([2H])([2H])[2H]. The van der Waals surface area contributed by atoms with Gasteiger partial charge >= 0.3 is 0 Å². The van der Waals surface area contributed by atoms with E-state index in [9.17, 15) is 16.4 Å². The zero-order valence-corrected chi connectivity index (χ0v) is 26.5. The van der Waals surface area contributed by atoms with E-state index in [1.807, 2.05) is 0 Å². The minimum absolute atomic E-state index is 0.345. The number of rotatable bonds is 3. The summed E-state index contributed by atoms with van der Waals surface area (Å²) in [5.41, 5.74) is -9.46. The minimum Gasteiger partial charge on any atom is -0.455 e. The first kappa shape index (κ1) is 12.4. The monoisotopic (exact) mass is 692 g/mol. The van der Waals surface area contributed by atoms with Gasteiger partial charge in [0.05, 0.1) is 37.0 Å². The minimum atomic E-state index is -3.14. The molecule has 1 heterocycles. The molecule has 0 N–H and O–H groups in total. The van der Waals surface area contributed by atoms with Crippen molar-refractivity contribution >= 4 is 54.3 Å². The maximum atomic E-state index is 9.72. The fourth-order valence-electron chi connectivity index (χ4n) is 7.04. The standard InChI is InChI=1S/C51H34O/c1-51(2)44-20-10-9-14-36(44)37-28-27-34(30-45(37)51)31-22-24-33(25-23-31)47-38-15-5-7-17-40(38)48(41-18-8-6-16-39(41)47)42-19-11-21-46-49(42)43-29-26-32-12-3-4-13-35(32)50(43)52-46/h3-30H,1-2H3/i1D3,3D,4D,5D,6D,7D,8D,9D,10D,11D,12D,13D,14D,15D,16D,17D,18D,19D,20D,21D,22D,23D,24D,25D,26D,27D,28D,29D. The summed E-state index contributed by atoms with van der Waals surface area (Å²) in [6.45, 7) is -2.01. The second-order valence-electron chi connectivity index (χ2n) is 12.2. The van der Waals surface area contributed by atoms with Crippen LogP contribution in [0.3, 0.4) is 0 Å². The molecule has 0 spiro atoms. The second-order valence-corrected chi connectivity index (χ2v) is 12.2. The number of hydrogen-bond acceptors (Lipinski definition) is 1. The predicted octanol–water partition coefficient (Wildman–Crippen LogP) is 14.4. The van der Waals surface area contributed by atoms with E-state index >= 15 is 0 Å². The zero-order chi connectivity index (χ0) is 60.5. The highest BCUT2D eigenvalue weighted by molar-refractivity contribution is 6.27. The normalized spacial score (nSPS) is 23.6. The number of benzene rings is 9. The van der Waals surface area contributed by atoms with Gasteiger partial charge in [-0.1, -0.05) is 165 Å². The molecule has 244 valence electrons. The Labute approximate surface area is 344 Å². The molecule has 1 atom stereocenters. The van der Waals surface area contributed by atoms with Gasteiger partial charge in [0.25, 0.3) is 0 Å². The molecule has 9 aromatic carbocycles. The van der Waals surface area contributed by atoms with Crippen LogP contribution in [0.2, 0.25) is 0 Å². The van der Waals surface area contributed by atoms with E-state index in [2.05, 4.69) is 0 Å². The van der Waals surface area contributed by atoms with Gasteiger partial charge in [0.15, 0.2) is 0 Å². The lowest BCUT2D eigenvalue weighted by Crippen LogP contribution is -2.14. The Balaban J connectivity index is 1.34. The Hall–Kier alpha value is -6.44. The van der Waals surface area contributed by atoms with E-state index in [4.69, 9.17) is 29.1 Å². The molecule has 0 saturated carbocycles. The Morgan fingerprint density at radius 3 is 1.81 bits per heavy atom. The van der Waals surface area contributed by atoms with E-state index in [-0.39, 0.29) is 16.7 Å². The zero-order valence-electron chi connectivity index (χ0n) is 56.5. The number of fused-ring (bicyclic) bond motifs is 10. The highest BCUT2D eigenvalue weighted by atomic mass is 16.3. The van der Waals surface area contributed by atoms with Crippen LogP contribution in [0.25, 0.3) is 98.8 Å². The van der Waals surface area contributed by atoms with Gasteiger partial charge in [-0.3, -0.25) is 0 Å². The Morgan fingerprint density at radius 1 is 0.462 bits per heavy atom. The molecule has 1 unspecified atom stereocenters. The summed E-state index contributed by atoms with van der Waals surface area (Å²) in [4.78, 5) is 0. The molecular weight excluding hydrogens is 629 g/mol. The first-order valence-corrected chi connectivity index (χ1v) is 15.7. The third-order valence-electron chi connectivity index (χ3n) is 9.37. The topological polar surface area (TPSA) is 13.1 Å². The smallest absolute Gasteiger partial charge is 0.143 e. The third kappa shape index (κ3) is 4.05.